The van der Waals surface area contributed by atoms with Crippen LogP contribution in [0.1, 0.15) is 73.3 Å². The Morgan fingerprint density at radius 2 is 1.94 bits per heavy atom. The molecule has 0 spiro atoms. The average molecular weight is 490 g/mol. The standard InChI is InChI=1S/C28H35N5O3/c1-36-15-14-32-19-30-24-17-22(31-27(34)20-8-3-2-4-9-20)16-23(26(24)32)28(35)33-13-6-5-11-25(33)21-10-7-12-29-18-21/h7,10,12,16-20,25H,2-6,8-9,11,13-15H2,1H3,(H,31,34)/t25-/m0/s1. The zero-order valence-corrected chi connectivity index (χ0v) is 21.0. The molecule has 190 valence electrons. The zero-order valence-electron chi connectivity index (χ0n) is 21.0. The highest BCUT2D eigenvalue weighted by Crippen LogP contribution is 2.34. The van der Waals surface area contributed by atoms with Gasteiger partial charge in [0.25, 0.3) is 5.91 Å². The van der Waals surface area contributed by atoms with Crippen LogP contribution in [0.3, 0.4) is 0 Å². The summed E-state index contributed by atoms with van der Waals surface area (Å²) in [5, 5.41) is 3.10. The normalized spacial score (nSPS) is 18.9. The van der Waals surface area contributed by atoms with Gasteiger partial charge in [-0.15, -0.1) is 0 Å². The molecule has 5 rings (SSSR count). The SMILES string of the molecule is COCCn1cnc2cc(NC(=O)C3CCCCC3)cc(C(=O)N3CCCC[C@H]3c3cccnc3)c21. The van der Waals surface area contributed by atoms with Crippen LogP contribution in [0.5, 0.6) is 0 Å². The minimum Gasteiger partial charge on any atom is -0.383 e. The van der Waals surface area contributed by atoms with Gasteiger partial charge in [-0.25, -0.2) is 4.98 Å². The predicted octanol–water partition coefficient (Wildman–Crippen LogP) is 4.96. The third kappa shape index (κ3) is 5.14. The van der Waals surface area contributed by atoms with Gasteiger partial charge < -0.3 is 19.5 Å². The number of methoxy groups -OCH3 is 1. The first-order valence-electron chi connectivity index (χ1n) is 13.2. The molecule has 1 saturated heterocycles. The monoisotopic (exact) mass is 489 g/mol. The Morgan fingerprint density at radius 3 is 2.72 bits per heavy atom. The highest BCUT2D eigenvalue weighted by atomic mass is 16.5. The van der Waals surface area contributed by atoms with E-state index in [1.165, 1.54) is 6.42 Å². The number of hydrogen-bond donors (Lipinski definition) is 1. The first kappa shape index (κ1) is 24.4. The van der Waals surface area contributed by atoms with Crippen LogP contribution in [0, 0.1) is 5.92 Å². The van der Waals surface area contributed by atoms with Crippen LogP contribution in [0.4, 0.5) is 5.69 Å². The van der Waals surface area contributed by atoms with Crippen molar-refractivity contribution in [3.8, 4) is 0 Å². The van der Waals surface area contributed by atoms with E-state index in [0.29, 0.717) is 36.5 Å². The average Bonchev–Trinajstić information content (AvgIpc) is 3.34. The molecular formula is C28H35N5O3. The van der Waals surface area contributed by atoms with E-state index in [4.69, 9.17) is 4.74 Å². The molecule has 1 saturated carbocycles. The van der Waals surface area contributed by atoms with Crippen LogP contribution in [0.2, 0.25) is 0 Å². The molecule has 8 heteroatoms. The number of rotatable bonds is 7. The number of nitrogens with zero attached hydrogens (tertiary/aromatic N) is 4. The predicted molar refractivity (Wildman–Crippen MR) is 139 cm³/mol. The number of aromatic nitrogens is 3. The van der Waals surface area contributed by atoms with E-state index in [0.717, 1.165) is 56.0 Å². The largest absolute Gasteiger partial charge is 0.383 e. The molecule has 1 N–H and O–H groups in total. The van der Waals surface area contributed by atoms with Crippen molar-refractivity contribution < 1.29 is 14.3 Å². The van der Waals surface area contributed by atoms with E-state index in [1.54, 1.807) is 19.6 Å². The summed E-state index contributed by atoms with van der Waals surface area (Å²) in [6, 6.07) is 7.66. The number of carbonyl (C=O) groups excluding carboxylic acids is 2. The smallest absolute Gasteiger partial charge is 0.256 e. The fraction of sp³-hybridized carbons (Fsp3) is 0.500. The molecule has 2 amide bonds. The number of pyridine rings is 1. The Bertz CT molecular complexity index is 1200. The number of hydrogen-bond acceptors (Lipinski definition) is 5. The highest BCUT2D eigenvalue weighted by molar-refractivity contribution is 6.08. The molecule has 2 aliphatic rings. The van der Waals surface area contributed by atoms with E-state index in [2.05, 4.69) is 15.3 Å². The fourth-order valence-electron chi connectivity index (χ4n) is 5.66. The van der Waals surface area contributed by atoms with Crippen LogP contribution in [-0.2, 0) is 16.1 Å². The lowest BCUT2D eigenvalue weighted by atomic mass is 9.88. The molecule has 3 aromatic rings. The van der Waals surface area contributed by atoms with Gasteiger partial charge in [0.1, 0.15) is 0 Å². The molecule has 36 heavy (non-hydrogen) atoms. The molecule has 2 fully saturated rings. The van der Waals surface area contributed by atoms with Crippen molar-refractivity contribution in [3.05, 3.63) is 54.1 Å². The summed E-state index contributed by atoms with van der Waals surface area (Å²) in [5.74, 6) is 0.0314. The Labute approximate surface area is 212 Å². The van der Waals surface area contributed by atoms with Gasteiger partial charge in [0.2, 0.25) is 5.91 Å². The molecule has 0 unspecified atom stereocenters. The summed E-state index contributed by atoms with van der Waals surface area (Å²) in [6.07, 6.45) is 13.5. The molecular weight excluding hydrogens is 454 g/mol. The fourth-order valence-corrected chi connectivity index (χ4v) is 5.66. The molecule has 0 bridgehead atoms. The molecule has 1 atom stereocenters. The zero-order chi connectivity index (χ0) is 24.9. The second-order valence-electron chi connectivity index (χ2n) is 9.94. The molecule has 2 aromatic heterocycles. The van der Waals surface area contributed by atoms with Crippen LogP contribution < -0.4 is 5.32 Å². The van der Waals surface area contributed by atoms with Gasteiger partial charge in [0.05, 0.1) is 35.6 Å². The number of anilines is 1. The summed E-state index contributed by atoms with van der Waals surface area (Å²) in [7, 11) is 1.66. The molecule has 1 aromatic carbocycles. The minimum atomic E-state index is -0.0403. The van der Waals surface area contributed by atoms with Crippen LogP contribution >= 0.6 is 0 Å². The number of amides is 2. The van der Waals surface area contributed by atoms with E-state index in [9.17, 15) is 9.59 Å². The first-order valence-corrected chi connectivity index (χ1v) is 13.2. The van der Waals surface area contributed by atoms with Gasteiger partial charge in [-0.1, -0.05) is 25.3 Å². The van der Waals surface area contributed by atoms with Crippen molar-refractivity contribution in [2.24, 2.45) is 5.92 Å². The third-order valence-electron chi connectivity index (χ3n) is 7.56. The van der Waals surface area contributed by atoms with Crippen LogP contribution in [0.25, 0.3) is 11.0 Å². The summed E-state index contributed by atoms with van der Waals surface area (Å²) in [6.45, 7) is 1.79. The van der Waals surface area contributed by atoms with Gasteiger partial charge in [-0.3, -0.25) is 14.6 Å². The van der Waals surface area contributed by atoms with E-state index < -0.39 is 0 Å². The van der Waals surface area contributed by atoms with Gasteiger partial charge in [-0.05, 0) is 55.9 Å². The quantitative estimate of drug-likeness (QED) is 0.506. The second-order valence-corrected chi connectivity index (χ2v) is 9.94. The van der Waals surface area contributed by atoms with Crippen molar-refractivity contribution in [2.75, 3.05) is 25.6 Å². The summed E-state index contributed by atoms with van der Waals surface area (Å²) >= 11 is 0. The van der Waals surface area contributed by atoms with Gasteiger partial charge in [0.15, 0.2) is 0 Å². The topological polar surface area (TPSA) is 89.3 Å². The number of piperidine rings is 1. The molecule has 3 heterocycles. The lowest BCUT2D eigenvalue weighted by Gasteiger charge is -2.36. The number of nitrogens with one attached hydrogen (secondary N) is 1. The number of ether oxygens (including phenoxy) is 1. The van der Waals surface area contributed by atoms with Crippen molar-refractivity contribution in [3.63, 3.8) is 0 Å². The molecule has 1 aliphatic heterocycles. The number of benzene rings is 1. The molecule has 0 radical (unpaired) electrons. The minimum absolute atomic E-state index is 0.0224. The lowest BCUT2D eigenvalue weighted by molar-refractivity contribution is -0.120. The first-order chi connectivity index (χ1) is 17.7. The number of carbonyl (C=O) groups is 2. The maximum Gasteiger partial charge on any atom is 0.256 e. The number of likely N-dealkylation sites (tertiary alicyclic amines) is 1. The van der Waals surface area contributed by atoms with E-state index >= 15 is 0 Å². The van der Waals surface area contributed by atoms with Crippen LogP contribution in [-0.4, -0.2) is 51.5 Å². The second kappa shape index (κ2) is 11.2. The van der Waals surface area contributed by atoms with Crippen molar-refractivity contribution >= 4 is 28.5 Å². The maximum absolute atomic E-state index is 14.2. The Hall–Kier alpha value is -3.26. The highest BCUT2D eigenvalue weighted by Gasteiger charge is 2.31. The lowest BCUT2D eigenvalue weighted by Crippen LogP contribution is -2.38. The van der Waals surface area contributed by atoms with Crippen molar-refractivity contribution in [2.45, 2.75) is 64.0 Å². The number of imidazole rings is 1. The summed E-state index contributed by atoms with van der Waals surface area (Å²) in [5.41, 5.74) is 3.73. The van der Waals surface area contributed by atoms with E-state index in [-0.39, 0.29) is 23.8 Å². The maximum atomic E-state index is 14.2. The van der Waals surface area contributed by atoms with Crippen molar-refractivity contribution in [1.29, 1.82) is 0 Å². The molecule has 8 nitrogen and oxygen atoms in total. The van der Waals surface area contributed by atoms with Crippen molar-refractivity contribution in [1.82, 2.24) is 19.4 Å². The summed E-state index contributed by atoms with van der Waals surface area (Å²) < 4.78 is 7.27. The summed E-state index contributed by atoms with van der Waals surface area (Å²) in [4.78, 5) is 38.1. The van der Waals surface area contributed by atoms with Crippen LogP contribution in [0.15, 0.2) is 43.0 Å². The number of fused-ring (bicyclic) bond motifs is 1. The third-order valence-corrected chi connectivity index (χ3v) is 7.56. The van der Waals surface area contributed by atoms with Gasteiger partial charge >= 0.3 is 0 Å². The Balaban J connectivity index is 1.51. The Morgan fingerprint density at radius 1 is 1.11 bits per heavy atom. The molecule has 1 aliphatic carbocycles. The van der Waals surface area contributed by atoms with E-state index in [1.807, 2.05) is 39.9 Å². The van der Waals surface area contributed by atoms with Gasteiger partial charge in [-0.2, -0.15) is 0 Å². The van der Waals surface area contributed by atoms with Gasteiger partial charge in [0, 0.05) is 44.2 Å². The Kier molecular flexibility index (Phi) is 7.60.